The Hall–Kier alpha value is -2.97. The van der Waals surface area contributed by atoms with Crippen LogP contribution in [0.2, 0.25) is 0 Å². The minimum atomic E-state index is -3.41. The molecule has 0 bridgehead atoms. The summed E-state index contributed by atoms with van der Waals surface area (Å²) in [5.74, 6) is 0.352. The molecule has 0 aliphatic heterocycles. The van der Waals surface area contributed by atoms with Gasteiger partial charge in [0.1, 0.15) is 5.76 Å². The van der Waals surface area contributed by atoms with E-state index in [9.17, 15) is 13.2 Å². The summed E-state index contributed by atoms with van der Waals surface area (Å²) < 4.78 is 31.2. The monoisotopic (exact) mass is 454 g/mol. The fraction of sp³-hybridized carbons (Fsp3) is 0.217. The third kappa shape index (κ3) is 4.13. The highest BCUT2D eigenvalue weighted by molar-refractivity contribution is 7.92. The first-order valence-electron chi connectivity index (χ1n) is 9.81. The van der Waals surface area contributed by atoms with Gasteiger partial charge in [0.2, 0.25) is 0 Å². The van der Waals surface area contributed by atoms with E-state index in [2.05, 4.69) is 0 Å². The average Bonchev–Trinajstić information content (AvgIpc) is 3.42. The minimum absolute atomic E-state index is 0.201. The number of furan rings is 1. The smallest absolute Gasteiger partial charge is 0.260 e. The van der Waals surface area contributed by atoms with E-state index in [0.717, 1.165) is 15.8 Å². The third-order valence-electron chi connectivity index (χ3n) is 5.03. The minimum Gasteiger partial charge on any atom is -0.467 e. The molecular formula is C23H22N2O4S2. The second-order valence-corrected chi connectivity index (χ2v) is 11.0. The Bertz CT molecular complexity index is 1320. The van der Waals surface area contributed by atoms with Crippen LogP contribution in [-0.2, 0) is 16.4 Å². The maximum absolute atomic E-state index is 13.4. The maximum atomic E-state index is 13.4. The molecule has 0 N–H and O–H groups in total. The lowest BCUT2D eigenvalue weighted by atomic mass is 10.2. The highest BCUT2D eigenvalue weighted by atomic mass is 32.2. The van der Waals surface area contributed by atoms with E-state index in [1.54, 1.807) is 49.3 Å². The van der Waals surface area contributed by atoms with Crippen LogP contribution in [0.25, 0.3) is 10.2 Å². The Kier molecular flexibility index (Phi) is 5.68. The second kappa shape index (κ2) is 8.28. The molecule has 0 unspecified atom stereocenters. The van der Waals surface area contributed by atoms with Gasteiger partial charge in [-0.2, -0.15) is 0 Å². The van der Waals surface area contributed by atoms with Crippen LogP contribution >= 0.6 is 11.3 Å². The molecule has 0 aliphatic carbocycles. The third-order valence-corrected chi connectivity index (χ3v) is 8.24. The van der Waals surface area contributed by atoms with Gasteiger partial charge in [0, 0.05) is 5.56 Å². The van der Waals surface area contributed by atoms with Gasteiger partial charge in [0.15, 0.2) is 15.0 Å². The lowest BCUT2D eigenvalue weighted by Gasteiger charge is -2.19. The number of aryl methyl sites for hydroxylation is 1. The molecule has 0 atom stereocenters. The zero-order valence-corrected chi connectivity index (χ0v) is 19.0. The van der Waals surface area contributed by atoms with E-state index >= 15 is 0 Å². The number of nitrogens with zero attached hydrogens (tertiary/aromatic N) is 2. The number of sulfone groups is 1. The van der Waals surface area contributed by atoms with Crippen LogP contribution in [0.4, 0.5) is 5.13 Å². The molecule has 0 radical (unpaired) electrons. The van der Waals surface area contributed by atoms with E-state index in [4.69, 9.17) is 9.40 Å². The predicted octanol–water partition coefficient (Wildman–Crippen LogP) is 5.23. The molecular weight excluding hydrogens is 432 g/mol. The molecule has 2 aromatic carbocycles. The Morgan fingerprint density at radius 2 is 1.84 bits per heavy atom. The number of hydrogen-bond donors (Lipinski definition) is 0. The Balaban J connectivity index is 1.73. The molecule has 31 heavy (non-hydrogen) atoms. The van der Waals surface area contributed by atoms with Crippen LogP contribution in [0.1, 0.15) is 35.5 Å². The quantitative estimate of drug-likeness (QED) is 0.399. The number of thiazole rings is 1. The van der Waals surface area contributed by atoms with E-state index in [1.807, 2.05) is 25.1 Å². The molecule has 1 amide bonds. The average molecular weight is 455 g/mol. The number of aromatic nitrogens is 1. The zero-order chi connectivity index (χ0) is 22.2. The summed E-state index contributed by atoms with van der Waals surface area (Å²) in [5.41, 5.74) is 2.28. The number of carbonyl (C=O) groups excluding carboxylic acids is 1. The number of amides is 1. The number of fused-ring (bicyclic) bond motifs is 1. The van der Waals surface area contributed by atoms with Crippen LogP contribution in [-0.4, -0.2) is 24.6 Å². The SMILES string of the molecule is Cc1cccc2sc(N(Cc3ccco3)C(=O)c3ccc(S(=O)(=O)C(C)C)cc3)nc12. The van der Waals surface area contributed by atoms with Crippen molar-refractivity contribution in [3.05, 3.63) is 77.7 Å². The number of para-hydroxylation sites is 1. The first-order chi connectivity index (χ1) is 14.8. The van der Waals surface area contributed by atoms with Gasteiger partial charge < -0.3 is 4.42 Å². The van der Waals surface area contributed by atoms with E-state index < -0.39 is 15.1 Å². The van der Waals surface area contributed by atoms with Crippen LogP contribution in [0.5, 0.6) is 0 Å². The van der Waals surface area contributed by atoms with Gasteiger partial charge in [0.25, 0.3) is 5.91 Å². The lowest BCUT2D eigenvalue weighted by molar-refractivity contribution is 0.0983. The molecule has 160 valence electrons. The van der Waals surface area contributed by atoms with Crippen molar-refractivity contribution in [2.24, 2.45) is 0 Å². The van der Waals surface area contributed by atoms with Gasteiger partial charge in [-0.25, -0.2) is 13.4 Å². The fourth-order valence-corrected chi connectivity index (χ4v) is 5.29. The van der Waals surface area contributed by atoms with Crippen molar-refractivity contribution >= 4 is 42.4 Å². The van der Waals surface area contributed by atoms with Gasteiger partial charge >= 0.3 is 0 Å². The molecule has 2 aromatic heterocycles. The molecule has 4 aromatic rings. The van der Waals surface area contributed by atoms with E-state index in [1.165, 1.54) is 23.5 Å². The zero-order valence-electron chi connectivity index (χ0n) is 17.4. The summed E-state index contributed by atoms with van der Waals surface area (Å²) in [6.07, 6.45) is 1.56. The van der Waals surface area contributed by atoms with Gasteiger partial charge in [0.05, 0.1) is 33.2 Å². The van der Waals surface area contributed by atoms with Crippen LogP contribution in [0.3, 0.4) is 0 Å². The molecule has 0 fully saturated rings. The number of hydrogen-bond acceptors (Lipinski definition) is 6. The molecule has 4 rings (SSSR count). The van der Waals surface area contributed by atoms with Gasteiger partial charge in [-0.1, -0.05) is 23.5 Å². The summed E-state index contributed by atoms with van der Waals surface area (Å²) in [5, 5.41) is 0.0278. The summed E-state index contributed by atoms with van der Waals surface area (Å²) in [7, 11) is -3.41. The highest BCUT2D eigenvalue weighted by Gasteiger charge is 2.24. The number of anilines is 1. The first-order valence-corrected chi connectivity index (χ1v) is 12.2. The van der Waals surface area contributed by atoms with Gasteiger partial charge in [-0.3, -0.25) is 9.69 Å². The van der Waals surface area contributed by atoms with Crippen molar-refractivity contribution in [3.8, 4) is 0 Å². The van der Waals surface area contributed by atoms with Crippen molar-refractivity contribution < 1.29 is 17.6 Å². The molecule has 6 nitrogen and oxygen atoms in total. The Labute approximate surface area is 185 Å². The van der Waals surface area contributed by atoms with E-state index in [-0.39, 0.29) is 17.3 Å². The highest BCUT2D eigenvalue weighted by Crippen LogP contribution is 2.32. The van der Waals surface area contributed by atoms with Gasteiger partial charge in [-0.05, 0) is 68.8 Å². The lowest BCUT2D eigenvalue weighted by Crippen LogP contribution is -2.30. The predicted molar refractivity (Wildman–Crippen MR) is 122 cm³/mol. The van der Waals surface area contributed by atoms with Crippen molar-refractivity contribution in [2.75, 3.05) is 4.90 Å². The molecule has 8 heteroatoms. The molecule has 0 spiro atoms. The fourth-order valence-electron chi connectivity index (χ4n) is 3.19. The van der Waals surface area contributed by atoms with Crippen molar-refractivity contribution in [1.29, 1.82) is 0 Å². The summed E-state index contributed by atoms with van der Waals surface area (Å²) in [6, 6.07) is 15.6. The topological polar surface area (TPSA) is 80.5 Å². The van der Waals surface area contributed by atoms with Crippen molar-refractivity contribution in [1.82, 2.24) is 4.98 Å². The van der Waals surface area contributed by atoms with Crippen LogP contribution in [0, 0.1) is 6.92 Å². The normalized spacial score (nSPS) is 11.9. The number of rotatable bonds is 6. The second-order valence-electron chi connectivity index (χ2n) is 7.51. The van der Waals surface area contributed by atoms with Crippen LogP contribution in [0.15, 0.2) is 70.2 Å². The van der Waals surface area contributed by atoms with Gasteiger partial charge in [-0.15, -0.1) is 0 Å². The first kappa shape index (κ1) is 21.3. The maximum Gasteiger partial charge on any atom is 0.260 e. The largest absolute Gasteiger partial charge is 0.467 e. The number of benzene rings is 2. The molecule has 2 heterocycles. The Morgan fingerprint density at radius 3 is 2.45 bits per heavy atom. The molecule has 0 saturated heterocycles. The molecule has 0 aliphatic rings. The molecule has 0 saturated carbocycles. The van der Waals surface area contributed by atoms with Crippen LogP contribution < -0.4 is 4.90 Å². The van der Waals surface area contributed by atoms with E-state index in [0.29, 0.717) is 16.5 Å². The summed E-state index contributed by atoms with van der Waals surface area (Å²) in [4.78, 5) is 19.9. The summed E-state index contributed by atoms with van der Waals surface area (Å²) >= 11 is 1.43. The Morgan fingerprint density at radius 1 is 1.10 bits per heavy atom. The standard InChI is InChI=1S/C23H22N2O4S2/c1-15(2)31(27,28)19-11-9-17(10-12-19)22(26)25(14-18-7-5-13-29-18)23-24-21-16(3)6-4-8-20(21)30-23/h4-13,15H,14H2,1-3H3. The summed E-state index contributed by atoms with van der Waals surface area (Å²) in [6.45, 7) is 5.47. The van der Waals surface area contributed by atoms with Crippen molar-refractivity contribution in [3.63, 3.8) is 0 Å². The van der Waals surface area contributed by atoms with Crippen molar-refractivity contribution in [2.45, 2.75) is 37.5 Å². The number of carbonyl (C=O) groups is 1.